The molecular formula is C20H22F2N4O2S2. The van der Waals surface area contributed by atoms with Gasteiger partial charge in [0, 0.05) is 26.2 Å². The fourth-order valence-corrected chi connectivity index (χ4v) is 5.69. The van der Waals surface area contributed by atoms with Crippen LogP contribution in [0.15, 0.2) is 59.8 Å². The zero-order valence-electron chi connectivity index (χ0n) is 16.2. The van der Waals surface area contributed by atoms with Crippen LogP contribution in [0.1, 0.15) is 5.56 Å². The summed E-state index contributed by atoms with van der Waals surface area (Å²) in [7, 11) is -3.40. The van der Waals surface area contributed by atoms with Crippen molar-refractivity contribution in [2.45, 2.75) is 23.3 Å². The molecule has 1 aliphatic rings. The molecule has 160 valence electrons. The highest BCUT2D eigenvalue weighted by molar-refractivity contribution is 7.99. The van der Waals surface area contributed by atoms with Gasteiger partial charge in [-0.15, -0.1) is 0 Å². The van der Waals surface area contributed by atoms with Crippen LogP contribution >= 0.6 is 11.8 Å². The van der Waals surface area contributed by atoms with Crippen molar-refractivity contribution >= 4 is 32.8 Å². The minimum atomic E-state index is -3.40. The Kier molecular flexibility index (Phi) is 6.37. The van der Waals surface area contributed by atoms with Crippen LogP contribution in [0.25, 0.3) is 11.0 Å². The van der Waals surface area contributed by atoms with Crippen LogP contribution in [0.3, 0.4) is 0 Å². The van der Waals surface area contributed by atoms with E-state index in [-0.39, 0.29) is 10.9 Å². The Balaban J connectivity index is 1.44. The van der Waals surface area contributed by atoms with E-state index >= 15 is 0 Å². The maximum absolute atomic E-state index is 13.0. The molecule has 0 radical (unpaired) electrons. The first-order valence-corrected chi connectivity index (χ1v) is 12.1. The number of piperazine rings is 1. The molecule has 1 saturated heterocycles. The van der Waals surface area contributed by atoms with Gasteiger partial charge in [-0.1, -0.05) is 42.5 Å². The van der Waals surface area contributed by atoms with E-state index in [0.717, 1.165) is 11.1 Å². The topological polar surface area (TPSA) is 58.4 Å². The molecule has 0 unspecified atom stereocenters. The molecule has 1 aromatic heterocycles. The zero-order chi connectivity index (χ0) is 21.1. The van der Waals surface area contributed by atoms with E-state index in [1.807, 2.05) is 36.4 Å². The number of rotatable bonds is 7. The van der Waals surface area contributed by atoms with Gasteiger partial charge in [-0.25, -0.2) is 13.4 Å². The minimum Gasteiger partial charge on any atom is -0.305 e. The van der Waals surface area contributed by atoms with E-state index in [2.05, 4.69) is 9.88 Å². The van der Waals surface area contributed by atoms with Crippen molar-refractivity contribution in [2.24, 2.45) is 0 Å². The molecule has 1 aliphatic heterocycles. The predicted molar refractivity (Wildman–Crippen MR) is 114 cm³/mol. The zero-order valence-corrected chi connectivity index (χ0v) is 17.8. The molecular weight excluding hydrogens is 430 g/mol. The third-order valence-electron chi connectivity index (χ3n) is 5.07. The van der Waals surface area contributed by atoms with Crippen molar-refractivity contribution in [3.05, 3.63) is 60.2 Å². The SMILES string of the molecule is O=S(=O)(Cc1ccccc1)N1CCN(Cn2c(SC(F)F)nc3ccccc32)CC1. The van der Waals surface area contributed by atoms with Crippen molar-refractivity contribution in [2.75, 3.05) is 26.2 Å². The lowest BCUT2D eigenvalue weighted by atomic mass is 10.2. The van der Waals surface area contributed by atoms with Crippen LogP contribution < -0.4 is 0 Å². The third-order valence-corrected chi connectivity index (χ3v) is 7.62. The minimum absolute atomic E-state index is 0.0187. The smallest absolute Gasteiger partial charge is 0.291 e. The van der Waals surface area contributed by atoms with Gasteiger partial charge in [0.15, 0.2) is 5.16 Å². The number of benzene rings is 2. The van der Waals surface area contributed by atoms with Gasteiger partial charge in [0.2, 0.25) is 10.0 Å². The second-order valence-electron chi connectivity index (χ2n) is 7.09. The van der Waals surface area contributed by atoms with Gasteiger partial charge in [0.1, 0.15) is 0 Å². The van der Waals surface area contributed by atoms with E-state index in [1.165, 1.54) is 4.31 Å². The number of aromatic nitrogens is 2. The maximum Gasteiger partial charge on any atom is 0.291 e. The quantitative estimate of drug-likeness (QED) is 0.514. The lowest BCUT2D eigenvalue weighted by molar-refractivity contribution is 0.149. The third kappa shape index (κ3) is 4.83. The van der Waals surface area contributed by atoms with E-state index in [4.69, 9.17) is 0 Å². The number of thioether (sulfide) groups is 1. The number of para-hydroxylation sites is 2. The average Bonchev–Trinajstić information content (AvgIpc) is 3.05. The van der Waals surface area contributed by atoms with Crippen molar-refractivity contribution in [1.82, 2.24) is 18.8 Å². The van der Waals surface area contributed by atoms with Crippen molar-refractivity contribution < 1.29 is 17.2 Å². The lowest BCUT2D eigenvalue weighted by Gasteiger charge is -2.34. The highest BCUT2D eigenvalue weighted by Crippen LogP contribution is 2.29. The van der Waals surface area contributed by atoms with Gasteiger partial charge < -0.3 is 4.57 Å². The molecule has 0 bridgehead atoms. The number of sulfonamides is 1. The molecule has 2 aromatic carbocycles. The molecule has 1 fully saturated rings. The lowest BCUT2D eigenvalue weighted by Crippen LogP contribution is -2.49. The van der Waals surface area contributed by atoms with Crippen LogP contribution in [-0.2, 0) is 22.4 Å². The molecule has 6 nitrogen and oxygen atoms in total. The molecule has 0 saturated carbocycles. The number of fused-ring (bicyclic) bond motifs is 1. The first-order chi connectivity index (χ1) is 14.4. The summed E-state index contributed by atoms with van der Waals surface area (Å²) in [5, 5.41) is 0.269. The van der Waals surface area contributed by atoms with E-state index in [1.54, 1.807) is 22.8 Å². The van der Waals surface area contributed by atoms with Gasteiger partial charge in [0.05, 0.1) is 23.5 Å². The molecule has 0 N–H and O–H groups in total. The average molecular weight is 453 g/mol. The Labute approximate surface area is 178 Å². The van der Waals surface area contributed by atoms with Crippen LogP contribution in [0.5, 0.6) is 0 Å². The molecule has 4 rings (SSSR count). The van der Waals surface area contributed by atoms with E-state index in [0.29, 0.717) is 50.1 Å². The molecule has 0 amide bonds. The Hall–Kier alpha value is -2.01. The highest BCUT2D eigenvalue weighted by Gasteiger charge is 2.28. The molecule has 10 heteroatoms. The van der Waals surface area contributed by atoms with Crippen LogP contribution in [0, 0.1) is 0 Å². The van der Waals surface area contributed by atoms with Gasteiger partial charge in [-0.2, -0.15) is 13.1 Å². The first kappa shape index (κ1) is 21.2. The molecule has 2 heterocycles. The summed E-state index contributed by atoms with van der Waals surface area (Å²) in [6.45, 7) is 2.19. The summed E-state index contributed by atoms with van der Waals surface area (Å²) in [6, 6.07) is 16.5. The summed E-state index contributed by atoms with van der Waals surface area (Å²) in [5.41, 5.74) is 2.22. The number of imidazole rings is 1. The van der Waals surface area contributed by atoms with Gasteiger partial charge in [0.25, 0.3) is 5.76 Å². The van der Waals surface area contributed by atoms with Gasteiger partial charge >= 0.3 is 0 Å². The molecule has 0 spiro atoms. The summed E-state index contributed by atoms with van der Waals surface area (Å²) in [4.78, 5) is 6.40. The Morgan fingerprint density at radius 3 is 2.33 bits per heavy atom. The Bertz CT molecular complexity index is 1100. The predicted octanol–water partition coefficient (Wildman–Crippen LogP) is 3.46. The van der Waals surface area contributed by atoms with Crippen molar-refractivity contribution in [1.29, 1.82) is 0 Å². The summed E-state index contributed by atoms with van der Waals surface area (Å²) < 4.78 is 54.7. The Morgan fingerprint density at radius 1 is 0.967 bits per heavy atom. The van der Waals surface area contributed by atoms with Crippen molar-refractivity contribution in [3.63, 3.8) is 0 Å². The summed E-state index contributed by atoms with van der Waals surface area (Å²) >= 11 is 0.431. The maximum atomic E-state index is 13.0. The van der Waals surface area contributed by atoms with Crippen LogP contribution in [0.4, 0.5) is 8.78 Å². The van der Waals surface area contributed by atoms with Gasteiger partial charge in [-0.05, 0) is 29.5 Å². The molecule has 0 aliphatic carbocycles. The second kappa shape index (κ2) is 9.01. The van der Waals surface area contributed by atoms with Crippen molar-refractivity contribution in [3.8, 4) is 0 Å². The molecule has 3 aromatic rings. The van der Waals surface area contributed by atoms with Crippen LogP contribution in [-0.4, -0.2) is 59.1 Å². The second-order valence-corrected chi connectivity index (χ2v) is 10.0. The standard InChI is InChI=1S/C20H22F2N4O2S2/c21-19(22)29-20-23-17-8-4-5-9-18(17)26(20)15-24-10-12-25(13-11-24)30(27,28)14-16-6-2-1-3-7-16/h1-9,19H,10-15H2. The largest absolute Gasteiger partial charge is 0.305 e. The number of alkyl halides is 2. The fraction of sp³-hybridized carbons (Fsp3) is 0.350. The first-order valence-electron chi connectivity index (χ1n) is 9.56. The van der Waals surface area contributed by atoms with Gasteiger partial charge in [-0.3, -0.25) is 4.90 Å². The number of nitrogens with zero attached hydrogens (tertiary/aromatic N) is 4. The van der Waals surface area contributed by atoms with Crippen LogP contribution in [0.2, 0.25) is 0 Å². The summed E-state index contributed by atoms with van der Waals surface area (Å²) in [5.74, 6) is -2.57. The number of hydrogen-bond donors (Lipinski definition) is 0. The highest BCUT2D eigenvalue weighted by atomic mass is 32.2. The number of hydrogen-bond acceptors (Lipinski definition) is 5. The molecule has 0 atom stereocenters. The van der Waals surface area contributed by atoms with E-state index < -0.39 is 15.8 Å². The van der Waals surface area contributed by atoms with E-state index in [9.17, 15) is 17.2 Å². The Morgan fingerprint density at radius 2 is 1.63 bits per heavy atom. The number of halogens is 2. The summed E-state index contributed by atoms with van der Waals surface area (Å²) in [6.07, 6.45) is 0. The normalized spacial score (nSPS) is 16.5. The monoisotopic (exact) mass is 452 g/mol. The fourth-order valence-electron chi connectivity index (χ4n) is 3.58. The molecule has 30 heavy (non-hydrogen) atoms.